The topological polar surface area (TPSA) is 53.1 Å². The third-order valence-corrected chi connectivity index (χ3v) is 3.46. The molecule has 0 fully saturated rings. The van der Waals surface area contributed by atoms with Gasteiger partial charge in [0.15, 0.2) is 0 Å². The Labute approximate surface area is 114 Å². The minimum atomic E-state index is 0.429. The van der Waals surface area contributed by atoms with Crippen molar-refractivity contribution in [3.63, 3.8) is 0 Å². The second kappa shape index (κ2) is 5.05. The molecule has 2 aromatic rings. The fourth-order valence-electron chi connectivity index (χ4n) is 2.25. The molecule has 4 nitrogen and oxygen atoms in total. The zero-order valence-corrected chi connectivity index (χ0v) is 12.2. The molecule has 0 aliphatic heterocycles. The molecule has 0 saturated carbocycles. The standard InChI is InChI=1S/C15H21N3O/c1-9-6-10(2)11(3)14(7-9)19-15-13(8-16)12(4)17-18(15)5/h6-7H,8,16H2,1-5H3. The number of nitrogens with two attached hydrogens (primary N) is 1. The highest BCUT2D eigenvalue weighted by atomic mass is 16.5. The van der Waals surface area contributed by atoms with Crippen LogP contribution in [0.2, 0.25) is 0 Å². The maximum absolute atomic E-state index is 6.06. The molecule has 0 saturated heterocycles. The van der Waals surface area contributed by atoms with E-state index in [4.69, 9.17) is 10.5 Å². The van der Waals surface area contributed by atoms with Crippen LogP contribution >= 0.6 is 0 Å². The van der Waals surface area contributed by atoms with Crippen LogP contribution in [0, 0.1) is 27.7 Å². The molecule has 0 amide bonds. The molecule has 1 aromatic carbocycles. The summed E-state index contributed by atoms with van der Waals surface area (Å²) in [7, 11) is 1.87. The molecule has 2 N–H and O–H groups in total. The minimum Gasteiger partial charge on any atom is -0.439 e. The zero-order valence-electron chi connectivity index (χ0n) is 12.2. The van der Waals surface area contributed by atoms with Crippen LogP contribution < -0.4 is 10.5 Å². The summed E-state index contributed by atoms with van der Waals surface area (Å²) in [6.07, 6.45) is 0. The Bertz CT molecular complexity index is 614. The molecule has 2 rings (SSSR count). The Morgan fingerprint density at radius 2 is 1.89 bits per heavy atom. The van der Waals surface area contributed by atoms with Gasteiger partial charge in [-0.2, -0.15) is 5.10 Å². The lowest BCUT2D eigenvalue weighted by Crippen LogP contribution is -2.02. The molecule has 0 aliphatic carbocycles. The predicted octanol–water partition coefficient (Wildman–Crippen LogP) is 2.90. The molecule has 1 heterocycles. The summed E-state index contributed by atoms with van der Waals surface area (Å²) in [5.41, 5.74) is 11.2. The van der Waals surface area contributed by atoms with E-state index >= 15 is 0 Å². The van der Waals surface area contributed by atoms with Crippen molar-refractivity contribution in [2.24, 2.45) is 12.8 Å². The lowest BCUT2D eigenvalue weighted by molar-refractivity contribution is 0.422. The number of ether oxygens (including phenoxy) is 1. The lowest BCUT2D eigenvalue weighted by atomic mass is 10.1. The van der Waals surface area contributed by atoms with E-state index in [2.05, 4.69) is 31.9 Å². The Morgan fingerprint density at radius 1 is 1.21 bits per heavy atom. The van der Waals surface area contributed by atoms with Gasteiger partial charge in [-0.05, 0) is 50.5 Å². The molecule has 19 heavy (non-hydrogen) atoms. The average Bonchev–Trinajstić information content (AvgIpc) is 2.60. The Hall–Kier alpha value is -1.81. The Balaban J connectivity index is 2.47. The summed E-state index contributed by atoms with van der Waals surface area (Å²) in [6.45, 7) is 8.60. The fourth-order valence-corrected chi connectivity index (χ4v) is 2.25. The maximum atomic E-state index is 6.06. The number of aromatic nitrogens is 2. The van der Waals surface area contributed by atoms with Crippen molar-refractivity contribution in [3.8, 4) is 11.6 Å². The molecule has 0 radical (unpaired) electrons. The van der Waals surface area contributed by atoms with E-state index in [1.54, 1.807) is 4.68 Å². The normalized spacial score (nSPS) is 10.8. The molecule has 0 bridgehead atoms. The van der Waals surface area contributed by atoms with Crippen LogP contribution in [-0.4, -0.2) is 9.78 Å². The summed E-state index contributed by atoms with van der Waals surface area (Å²) in [5.74, 6) is 1.60. The van der Waals surface area contributed by atoms with Gasteiger partial charge in [-0.25, -0.2) is 4.68 Å². The maximum Gasteiger partial charge on any atom is 0.222 e. The molecule has 0 spiro atoms. The van der Waals surface area contributed by atoms with Crippen LogP contribution in [0.4, 0.5) is 0 Å². The SMILES string of the molecule is Cc1cc(C)c(C)c(Oc2c(CN)c(C)nn2C)c1. The molecule has 0 atom stereocenters. The highest BCUT2D eigenvalue weighted by Gasteiger charge is 2.15. The van der Waals surface area contributed by atoms with E-state index in [9.17, 15) is 0 Å². The first-order chi connectivity index (χ1) is 8.93. The number of rotatable bonds is 3. The summed E-state index contributed by atoms with van der Waals surface area (Å²) < 4.78 is 7.81. The van der Waals surface area contributed by atoms with Gasteiger partial charge in [0.05, 0.1) is 11.3 Å². The zero-order chi connectivity index (χ0) is 14.2. The van der Waals surface area contributed by atoms with Crippen LogP contribution in [0.25, 0.3) is 0 Å². The number of aryl methyl sites for hydroxylation is 4. The van der Waals surface area contributed by atoms with Crippen molar-refractivity contribution in [1.82, 2.24) is 9.78 Å². The van der Waals surface area contributed by atoms with E-state index in [1.807, 2.05) is 20.0 Å². The van der Waals surface area contributed by atoms with Crippen LogP contribution in [0.1, 0.15) is 27.9 Å². The van der Waals surface area contributed by atoms with Crippen molar-refractivity contribution in [2.45, 2.75) is 34.2 Å². The highest BCUT2D eigenvalue weighted by molar-refractivity contribution is 5.45. The van der Waals surface area contributed by atoms with Crippen LogP contribution in [0.15, 0.2) is 12.1 Å². The van der Waals surface area contributed by atoms with Gasteiger partial charge >= 0.3 is 0 Å². The summed E-state index contributed by atoms with van der Waals surface area (Å²) in [4.78, 5) is 0. The molecular weight excluding hydrogens is 238 g/mol. The molecule has 0 unspecified atom stereocenters. The first-order valence-corrected chi connectivity index (χ1v) is 6.42. The smallest absolute Gasteiger partial charge is 0.222 e. The van der Waals surface area contributed by atoms with Gasteiger partial charge in [-0.3, -0.25) is 0 Å². The summed E-state index contributed by atoms with van der Waals surface area (Å²) >= 11 is 0. The first-order valence-electron chi connectivity index (χ1n) is 6.42. The van der Waals surface area contributed by atoms with Gasteiger partial charge in [0.25, 0.3) is 0 Å². The van der Waals surface area contributed by atoms with Gasteiger partial charge in [-0.15, -0.1) is 0 Å². The van der Waals surface area contributed by atoms with Crippen molar-refractivity contribution >= 4 is 0 Å². The van der Waals surface area contributed by atoms with Crippen molar-refractivity contribution in [2.75, 3.05) is 0 Å². The Morgan fingerprint density at radius 3 is 2.53 bits per heavy atom. The molecule has 4 heteroatoms. The molecular formula is C15H21N3O. The first kappa shape index (κ1) is 13.6. The van der Waals surface area contributed by atoms with Crippen LogP contribution in [-0.2, 0) is 13.6 Å². The number of nitrogens with zero attached hydrogens (tertiary/aromatic N) is 2. The highest BCUT2D eigenvalue weighted by Crippen LogP contribution is 2.31. The average molecular weight is 259 g/mol. The second-order valence-corrected chi connectivity index (χ2v) is 5.00. The lowest BCUT2D eigenvalue weighted by Gasteiger charge is -2.13. The third kappa shape index (κ3) is 2.49. The number of benzene rings is 1. The number of hydrogen-bond acceptors (Lipinski definition) is 3. The van der Waals surface area contributed by atoms with E-state index in [0.29, 0.717) is 6.54 Å². The monoisotopic (exact) mass is 259 g/mol. The molecule has 0 aliphatic rings. The minimum absolute atomic E-state index is 0.429. The van der Waals surface area contributed by atoms with Gasteiger partial charge in [0, 0.05) is 13.6 Å². The van der Waals surface area contributed by atoms with E-state index in [1.165, 1.54) is 11.1 Å². The van der Waals surface area contributed by atoms with Crippen molar-refractivity contribution in [3.05, 3.63) is 40.1 Å². The second-order valence-electron chi connectivity index (χ2n) is 5.00. The van der Waals surface area contributed by atoms with E-state index in [-0.39, 0.29) is 0 Å². The van der Waals surface area contributed by atoms with E-state index < -0.39 is 0 Å². The summed E-state index contributed by atoms with van der Waals surface area (Å²) in [5, 5.41) is 4.36. The van der Waals surface area contributed by atoms with Crippen molar-refractivity contribution in [1.29, 1.82) is 0 Å². The van der Waals surface area contributed by atoms with Crippen LogP contribution in [0.3, 0.4) is 0 Å². The third-order valence-electron chi connectivity index (χ3n) is 3.46. The Kier molecular flexibility index (Phi) is 3.62. The summed E-state index contributed by atoms with van der Waals surface area (Å²) in [6, 6.07) is 4.20. The predicted molar refractivity (Wildman–Crippen MR) is 76.6 cm³/mol. The quantitative estimate of drug-likeness (QED) is 0.922. The van der Waals surface area contributed by atoms with Gasteiger partial charge in [0.2, 0.25) is 5.88 Å². The fraction of sp³-hybridized carbons (Fsp3) is 0.400. The molecule has 1 aromatic heterocycles. The van der Waals surface area contributed by atoms with Gasteiger partial charge in [0.1, 0.15) is 5.75 Å². The number of hydrogen-bond donors (Lipinski definition) is 1. The molecule has 102 valence electrons. The van der Waals surface area contributed by atoms with Gasteiger partial charge < -0.3 is 10.5 Å². The van der Waals surface area contributed by atoms with Crippen LogP contribution in [0.5, 0.6) is 11.6 Å². The largest absolute Gasteiger partial charge is 0.439 e. The van der Waals surface area contributed by atoms with Crippen molar-refractivity contribution < 1.29 is 4.74 Å². The van der Waals surface area contributed by atoms with Gasteiger partial charge in [-0.1, -0.05) is 6.07 Å². The van der Waals surface area contributed by atoms with E-state index in [0.717, 1.165) is 28.5 Å².